The minimum atomic E-state index is 0.473. The number of nitrogens with zero attached hydrogens (tertiary/aromatic N) is 3. The Balaban J connectivity index is 2.04. The number of hydrogen-bond acceptors (Lipinski definition) is 5. The van der Waals surface area contributed by atoms with E-state index in [1.807, 2.05) is 36.2 Å². The third-order valence-corrected chi connectivity index (χ3v) is 2.83. The van der Waals surface area contributed by atoms with E-state index in [9.17, 15) is 0 Å². The van der Waals surface area contributed by atoms with Crippen LogP contribution in [0.3, 0.4) is 0 Å². The summed E-state index contributed by atoms with van der Waals surface area (Å²) in [6.07, 6.45) is 0.585. The molecule has 6 heteroatoms. The molecule has 0 bridgehead atoms. The van der Waals surface area contributed by atoms with Crippen molar-refractivity contribution in [2.45, 2.75) is 13.0 Å². The van der Waals surface area contributed by atoms with Gasteiger partial charge in [0.2, 0.25) is 5.89 Å². The van der Waals surface area contributed by atoms with E-state index in [1.54, 1.807) is 7.11 Å². The lowest BCUT2D eigenvalue weighted by Crippen LogP contribution is -2.16. The van der Waals surface area contributed by atoms with Gasteiger partial charge in [-0.25, -0.2) is 0 Å². The molecule has 0 spiro atoms. The average molecular weight is 282 g/mol. The Bertz CT molecular complexity index is 530. The Labute approximate surface area is 117 Å². The molecule has 0 unspecified atom stereocenters. The summed E-state index contributed by atoms with van der Waals surface area (Å²) < 4.78 is 10.7. The summed E-state index contributed by atoms with van der Waals surface area (Å²) >= 11 is 5.63. The highest BCUT2D eigenvalue weighted by atomic mass is 35.5. The van der Waals surface area contributed by atoms with E-state index in [0.29, 0.717) is 30.8 Å². The zero-order valence-electron chi connectivity index (χ0n) is 11.0. The maximum absolute atomic E-state index is 5.63. The molecule has 1 heterocycles. The van der Waals surface area contributed by atoms with Gasteiger partial charge in [-0.05, 0) is 17.7 Å². The van der Waals surface area contributed by atoms with E-state index in [0.717, 1.165) is 11.3 Å². The maximum atomic E-state index is 5.63. The molecule has 1 aromatic heterocycles. The number of hydrogen-bond donors (Lipinski definition) is 0. The second-order valence-corrected chi connectivity index (χ2v) is 4.50. The summed E-state index contributed by atoms with van der Waals surface area (Å²) in [4.78, 5) is 1.89. The van der Waals surface area contributed by atoms with E-state index >= 15 is 0 Å². The van der Waals surface area contributed by atoms with Gasteiger partial charge in [0.05, 0.1) is 7.11 Å². The van der Waals surface area contributed by atoms with Crippen molar-refractivity contribution >= 4 is 17.6 Å². The molecule has 0 radical (unpaired) electrons. The molecule has 0 aliphatic heterocycles. The minimum Gasteiger partial charge on any atom is -0.497 e. The number of ether oxygens (including phenoxy) is 1. The smallest absolute Gasteiger partial charge is 0.318 e. The zero-order chi connectivity index (χ0) is 13.7. The van der Waals surface area contributed by atoms with Crippen LogP contribution in [-0.4, -0.2) is 30.2 Å². The molecule has 0 fully saturated rings. The van der Waals surface area contributed by atoms with Crippen molar-refractivity contribution in [1.29, 1.82) is 0 Å². The zero-order valence-corrected chi connectivity index (χ0v) is 11.7. The Morgan fingerprint density at radius 1 is 1.37 bits per heavy atom. The number of rotatable bonds is 6. The van der Waals surface area contributed by atoms with Crippen molar-refractivity contribution < 1.29 is 9.15 Å². The highest BCUT2D eigenvalue weighted by Crippen LogP contribution is 2.17. The first-order valence-electron chi connectivity index (χ1n) is 5.95. The van der Waals surface area contributed by atoms with Crippen LogP contribution in [0.25, 0.3) is 0 Å². The van der Waals surface area contributed by atoms with Crippen molar-refractivity contribution in [1.82, 2.24) is 10.2 Å². The van der Waals surface area contributed by atoms with E-state index in [2.05, 4.69) is 10.2 Å². The molecule has 2 aromatic rings. The summed E-state index contributed by atoms with van der Waals surface area (Å²) in [6, 6.07) is 8.36. The van der Waals surface area contributed by atoms with Crippen LogP contribution in [0.4, 0.5) is 6.01 Å². The van der Waals surface area contributed by atoms with Crippen LogP contribution in [0.5, 0.6) is 5.75 Å². The molecule has 102 valence electrons. The molecule has 19 heavy (non-hydrogen) atoms. The molecule has 0 atom stereocenters. The summed E-state index contributed by atoms with van der Waals surface area (Å²) in [5, 5.41) is 7.93. The maximum Gasteiger partial charge on any atom is 0.318 e. The van der Waals surface area contributed by atoms with Gasteiger partial charge in [0, 0.05) is 25.9 Å². The van der Waals surface area contributed by atoms with Gasteiger partial charge in [-0.2, -0.15) is 0 Å². The second kappa shape index (κ2) is 6.43. The normalized spacial score (nSPS) is 10.5. The van der Waals surface area contributed by atoms with Gasteiger partial charge in [-0.1, -0.05) is 17.2 Å². The average Bonchev–Trinajstić information content (AvgIpc) is 2.88. The van der Waals surface area contributed by atoms with E-state index in [4.69, 9.17) is 20.8 Å². The monoisotopic (exact) mass is 281 g/mol. The topological polar surface area (TPSA) is 51.4 Å². The lowest BCUT2D eigenvalue weighted by molar-refractivity contribution is 0.414. The predicted molar refractivity (Wildman–Crippen MR) is 73.8 cm³/mol. The first-order chi connectivity index (χ1) is 9.22. The molecule has 1 aromatic carbocycles. The lowest BCUT2D eigenvalue weighted by Gasteiger charge is -2.14. The molecule has 5 nitrogen and oxygen atoms in total. The van der Waals surface area contributed by atoms with E-state index < -0.39 is 0 Å². The van der Waals surface area contributed by atoms with Crippen LogP contribution in [0.15, 0.2) is 28.7 Å². The quantitative estimate of drug-likeness (QED) is 0.762. The lowest BCUT2D eigenvalue weighted by atomic mass is 10.2. The Kier molecular flexibility index (Phi) is 4.63. The first kappa shape index (κ1) is 13.7. The largest absolute Gasteiger partial charge is 0.497 e. The highest BCUT2D eigenvalue weighted by molar-refractivity contribution is 6.17. The van der Waals surface area contributed by atoms with Crippen LogP contribution >= 0.6 is 11.6 Å². The third kappa shape index (κ3) is 3.61. The van der Waals surface area contributed by atoms with Crippen molar-refractivity contribution in [3.05, 3.63) is 35.7 Å². The van der Waals surface area contributed by atoms with Gasteiger partial charge in [-0.15, -0.1) is 16.7 Å². The molecular formula is C13H16ClN3O2. The number of halogens is 1. The van der Waals surface area contributed by atoms with Crippen molar-refractivity contribution in [2.75, 3.05) is 24.9 Å². The number of benzene rings is 1. The SMILES string of the molecule is COc1cccc(CN(C)c2nnc(CCCl)o2)c1. The van der Waals surface area contributed by atoms with Gasteiger partial charge < -0.3 is 14.1 Å². The Hall–Kier alpha value is -1.75. The van der Waals surface area contributed by atoms with Gasteiger partial charge in [0.15, 0.2) is 0 Å². The third-order valence-electron chi connectivity index (χ3n) is 2.64. The standard InChI is InChI=1S/C13H16ClN3O2/c1-17(13-16-15-12(19-13)6-7-14)9-10-4-3-5-11(8-10)18-2/h3-5,8H,6-7,9H2,1-2H3. The van der Waals surface area contributed by atoms with Crippen molar-refractivity contribution in [3.63, 3.8) is 0 Å². The predicted octanol–water partition coefficient (Wildman–Crippen LogP) is 2.50. The van der Waals surface area contributed by atoms with Crippen molar-refractivity contribution in [3.8, 4) is 5.75 Å². The number of methoxy groups -OCH3 is 1. The molecule has 0 amide bonds. The number of anilines is 1. The molecule has 2 rings (SSSR count). The molecule has 0 aliphatic rings. The molecule has 0 aliphatic carbocycles. The van der Waals surface area contributed by atoms with Gasteiger partial charge in [-0.3, -0.25) is 0 Å². The first-order valence-corrected chi connectivity index (χ1v) is 6.49. The second-order valence-electron chi connectivity index (χ2n) is 4.12. The summed E-state index contributed by atoms with van der Waals surface area (Å²) in [5.41, 5.74) is 1.11. The Morgan fingerprint density at radius 2 is 2.21 bits per heavy atom. The van der Waals surface area contributed by atoms with E-state index in [-0.39, 0.29) is 0 Å². The van der Waals surface area contributed by atoms with Gasteiger partial charge >= 0.3 is 6.01 Å². The summed E-state index contributed by atoms with van der Waals surface area (Å²) in [7, 11) is 3.55. The number of aryl methyl sites for hydroxylation is 1. The molecular weight excluding hydrogens is 266 g/mol. The molecule has 0 saturated carbocycles. The van der Waals surface area contributed by atoms with Crippen LogP contribution in [0.1, 0.15) is 11.5 Å². The van der Waals surface area contributed by atoms with Crippen LogP contribution in [-0.2, 0) is 13.0 Å². The van der Waals surface area contributed by atoms with Gasteiger partial charge in [0.1, 0.15) is 5.75 Å². The van der Waals surface area contributed by atoms with Crippen LogP contribution < -0.4 is 9.64 Å². The minimum absolute atomic E-state index is 0.473. The summed E-state index contributed by atoms with van der Waals surface area (Å²) in [6.45, 7) is 0.666. The van der Waals surface area contributed by atoms with E-state index in [1.165, 1.54) is 0 Å². The summed E-state index contributed by atoms with van der Waals surface area (Å²) in [5.74, 6) is 1.86. The fraction of sp³-hybridized carbons (Fsp3) is 0.385. The molecule has 0 N–H and O–H groups in total. The number of alkyl halides is 1. The van der Waals surface area contributed by atoms with Crippen LogP contribution in [0, 0.1) is 0 Å². The molecule has 0 saturated heterocycles. The van der Waals surface area contributed by atoms with Gasteiger partial charge in [0.25, 0.3) is 0 Å². The number of aromatic nitrogens is 2. The fourth-order valence-corrected chi connectivity index (χ4v) is 1.85. The van der Waals surface area contributed by atoms with Crippen LogP contribution in [0.2, 0.25) is 0 Å². The Morgan fingerprint density at radius 3 is 2.95 bits per heavy atom. The van der Waals surface area contributed by atoms with Crippen molar-refractivity contribution in [2.24, 2.45) is 0 Å². The fourth-order valence-electron chi connectivity index (χ4n) is 1.69. The highest BCUT2D eigenvalue weighted by Gasteiger charge is 2.11.